The number of benzene rings is 1. The second-order valence-electron chi connectivity index (χ2n) is 5.47. The highest BCUT2D eigenvalue weighted by molar-refractivity contribution is 7.90. The van der Waals surface area contributed by atoms with Gasteiger partial charge < -0.3 is 5.32 Å². The second kappa shape index (κ2) is 5.87. The lowest BCUT2D eigenvalue weighted by molar-refractivity contribution is 0.600. The van der Waals surface area contributed by atoms with Crippen LogP contribution in [0.5, 0.6) is 0 Å². The number of rotatable bonds is 6. The van der Waals surface area contributed by atoms with E-state index in [0.29, 0.717) is 17.6 Å². The van der Waals surface area contributed by atoms with Crippen LogP contribution in [0.3, 0.4) is 0 Å². The third-order valence-corrected chi connectivity index (χ3v) is 5.43. The summed E-state index contributed by atoms with van der Waals surface area (Å²) in [7, 11) is -3.05. The van der Waals surface area contributed by atoms with Gasteiger partial charge in [-0.25, -0.2) is 13.4 Å². The molecule has 1 heterocycles. The zero-order valence-electron chi connectivity index (χ0n) is 11.9. The van der Waals surface area contributed by atoms with E-state index in [9.17, 15) is 8.42 Å². The van der Waals surface area contributed by atoms with Gasteiger partial charge in [-0.2, -0.15) is 0 Å². The fourth-order valence-corrected chi connectivity index (χ4v) is 4.42. The normalized spacial score (nSPS) is 15.3. The Kier molecular flexibility index (Phi) is 4.10. The Labute approximate surface area is 129 Å². The van der Waals surface area contributed by atoms with Gasteiger partial charge in [-0.05, 0) is 18.4 Å². The smallest absolute Gasteiger partial charge is 0.153 e. The van der Waals surface area contributed by atoms with E-state index < -0.39 is 9.84 Å². The lowest BCUT2D eigenvalue weighted by atomic mass is 10.1. The highest BCUT2D eigenvalue weighted by atomic mass is 32.2. The SMILES string of the molecule is CS(=O)(=O)Cc1nc(CNC2CC2)c(-c2ccccc2)s1. The molecule has 0 unspecified atom stereocenters. The minimum atomic E-state index is -3.05. The molecule has 0 amide bonds. The Morgan fingerprint density at radius 1 is 1.29 bits per heavy atom. The summed E-state index contributed by atoms with van der Waals surface area (Å²) in [5, 5.41) is 4.12. The maximum Gasteiger partial charge on any atom is 0.153 e. The minimum absolute atomic E-state index is 0.0148. The van der Waals surface area contributed by atoms with Crippen molar-refractivity contribution in [2.45, 2.75) is 31.2 Å². The first kappa shape index (κ1) is 14.7. The fourth-order valence-electron chi connectivity index (χ4n) is 2.15. The molecule has 1 fully saturated rings. The molecule has 1 aliphatic carbocycles. The van der Waals surface area contributed by atoms with E-state index >= 15 is 0 Å². The zero-order chi connectivity index (χ0) is 14.9. The van der Waals surface area contributed by atoms with Gasteiger partial charge in [-0.1, -0.05) is 30.3 Å². The Balaban J connectivity index is 1.90. The average Bonchev–Trinajstić information content (AvgIpc) is 3.17. The monoisotopic (exact) mass is 322 g/mol. The molecule has 3 rings (SSSR count). The van der Waals surface area contributed by atoms with Gasteiger partial charge in [0.2, 0.25) is 0 Å². The van der Waals surface area contributed by atoms with Gasteiger partial charge in [0.25, 0.3) is 0 Å². The molecule has 0 saturated heterocycles. The van der Waals surface area contributed by atoms with Crippen LogP contribution in [0.25, 0.3) is 10.4 Å². The van der Waals surface area contributed by atoms with Crippen LogP contribution in [0.15, 0.2) is 30.3 Å². The summed E-state index contributed by atoms with van der Waals surface area (Å²) in [5.41, 5.74) is 2.05. The van der Waals surface area contributed by atoms with Gasteiger partial charge in [0.15, 0.2) is 9.84 Å². The molecule has 1 aliphatic rings. The summed E-state index contributed by atoms with van der Waals surface area (Å²) >= 11 is 1.48. The van der Waals surface area contributed by atoms with Crippen LogP contribution in [0, 0.1) is 0 Å². The molecule has 21 heavy (non-hydrogen) atoms. The number of thiazole rings is 1. The van der Waals surface area contributed by atoms with Crippen molar-refractivity contribution < 1.29 is 8.42 Å². The van der Waals surface area contributed by atoms with E-state index in [1.54, 1.807) is 0 Å². The topological polar surface area (TPSA) is 59.1 Å². The number of sulfone groups is 1. The molecule has 1 N–H and O–H groups in total. The van der Waals surface area contributed by atoms with Crippen LogP contribution < -0.4 is 5.32 Å². The largest absolute Gasteiger partial charge is 0.308 e. The zero-order valence-corrected chi connectivity index (χ0v) is 13.5. The molecule has 1 saturated carbocycles. The molecule has 6 heteroatoms. The summed E-state index contributed by atoms with van der Waals surface area (Å²) < 4.78 is 23.0. The lowest BCUT2D eigenvalue weighted by Gasteiger charge is -2.03. The minimum Gasteiger partial charge on any atom is -0.308 e. The molecule has 0 bridgehead atoms. The number of aromatic nitrogens is 1. The van der Waals surface area contributed by atoms with Gasteiger partial charge in [0.05, 0.1) is 10.6 Å². The fraction of sp³-hybridized carbons (Fsp3) is 0.400. The highest BCUT2D eigenvalue weighted by Gasteiger charge is 2.22. The van der Waals surface area contributed by atoms with Crippen molar-refractivity contribution in [3.05, 3.63) is 41.0 Å². The van der Waals surface area contributed by atoms with E-state index in [2.05, 4.69) is 10.3 Å². The van der Waals surface area contributed by atoms with Crippen LogP contribution in [0.2, 0.25) is 0 Å². The third kappa shape index (κ3) is 4.12. The predicted molar refractivity (Wildman–Crippen MR) is 86.0 cm³/mol. The maximum atomic E-state index is 11.5. The van der Waals surface area contributed by atoms with Gasteiger partial charge in [-0.3, -0.25) is 0 Å². The molecule has 112 valence electrons. The Bertz CT molecular complexity index is 719. The van der Waals surface area contributed by atoms with Crippen molar-refractivity contribution in [1.82, 2.24) is 10.3 Å². The molecular weight excluding hydrogens is 304 g/mol. The summed E-state index contributed by atoms with van der Waals surface area (Å²) in [6.07, 6.45) is 3.70. The van der Waals surface area contributed by atoms with Crippen LogP contribution in [0.1, 0.15) is 23.5 Å². The molecule has 1 aromatic heterocycles. The van der Waals surface area contributed by atoms with E-state index in [4.69, 9.17) is 0 Å². The highest BCUT2D eigenvalue weighted by Crippen LogP contribution is 2.31. The van der Waals surface area contributed by atoms with Crippen LogP contribution in [-0.2, 0) is 22.1 Å². The average molecular weight is 322 g/mol. The van der Waals surface area contributed by atoms with Crippen molar-refractivity contribution in [2.75, 3.05) is 6.26 Å². The molecule has 0 atom stereocenters. The van der Waals surface area contributed by atoms with Crippen LogP contribution in [0.4, 0.5) is 0 Å². The van der Waals surface area contributed by atoms with Crippen LogP contribution >= 0.6 is 11.3 Å². The molecule has 2 aromatic rings. The van der Waals surface area contributed by atoms with Crippen molar-refractivity contribution in [2.24, 2.45) is 0 Å². The lowest BCUT2D eigenvalue weighted by Crippen LogP contribution is -2.16. The molecule has 0 spiro atoms. The van der Waals surface area contributed by atoms with Crippen molar-refractivity contribution in [3.63, 3.8) is 0 Å². The van der Waals surface area contributed by atoms with E-state index in [1.807, 2.05) is 30.3 Å². The van der Waals surface area contributed by atoms with E-state index in [-0.39, 0.29) is 5.75 Å². The molecule has 0 aliphatic heterocycles. The van der Waals surface area contributed by atoms with Crippen molar-refractivity contribution >= 4 is 21.2 Å². The number of hydrogen-bond donors (Lipinski definition) is 1. The predicted octanol–water partition coefficient (Wildman–Crippen LogP) is 2.61. The number of nitrogens with zero attached hydrogens (tertiary/aromatic N) is 1. The summed E-state index contributed by atoms with van der Waals surface area (Å²) in [5.74, 6) is 0.0148. The Hall–Kier alpha value is -1.24. The molecular formula is C15H18N2O2S2. The maximum absolute atomic E-state index is 11.5. The van der Waals surface area contributed by atoms with Gasteiger partial charge in [-0.15, -0.1) is 11.3 Å². The van der Waals surface area contributed by atoms with E-state index in [1.165, 1.54) is 30.4 Å². The first-order valence-corrected chi connectivity index (χ1v) is 9.84. The standard InChI is InChI=1S/C15H18N2O2S2/c1-21(18,19)10-14-17-13(9-16-12-7-8-12)15(20-14)11-5-3-2-4-6-11/h2-6,12,16H,7-10H2,1H3. The first-order chi connectivity index (χ1) is 10.0. The third-order valence-electron chi connectivity index (χ3n) is 3.30. The van der Waals surface area contributed by atoms with Crippen LogP contribution in [-0.4, -0.2) is 25.7 Å². The quantitative estimate of drug-likeness (QED) is 0.888. The first-order valence-electron chi connectivity index (χ1n) is 6.96. The number of nitrogens with one attached hydrogen (secondary N) is 1. The molecule has 4 nitrogen and oxygen atoms in total. The van der Waals surface area contributed by atoms with Gasteiger partial charge in [0.1, 0.15) is 10.8 Å². The van der Waals surface area contributed by atoms with Crippen molar-refractivity contribution in [3.8, 4) is 10.4 Å². The Morgan fingerprint density at radius 3 is 2.62 bits per heavy atom. The summed E-state index contributed by atoms with van der Waals surface area (Å²) in [6.45, 7) is 0.704. The number of hydrogen-bond acceptors (Lipinski definition) is 5. The van der Waals surface area contributed by atoms with E-state index in [0.717, 1.165) is 16.1 Å². The summed E-state index contributed by atoms with van der Waals surface area (Å²) in [4.78, 5) is 5.62. The van der Waals surface area contributed by atoms with Gasteiger partial charge >= 0.3 is 0 Å². The molecule has 0 radical (unpaired) electrons. The second-order valence-corrected chi connectivity index (χ2v) is 8.70. The van der Waals surface area contributed by atoms with Gasteiger partial charge in [0, 0.05) is 18.8 Å². The van der Waals surface area contributed by atoms with Crippen molar-refractivity contribution in [1.29, 1.82) is 0 Å². The summed E-state index contributed by atoms with van der Waals surface area (Å²) in [6, 6.07) is 10.6. The Morgan fingerprint density at radius 2 is 2.00 bits per heavy atom. The molecule has 1 aromatic carbocycles.